The molecule has 0 radical (unpaired) electrons. The Hall–Kier alpha value is -0.616. The molecule has 0 spiro atoms. The molecule has 1 saturated carbocycles. The zero-order valence-electron chi connectivity index (χ0n) is 14.4. The lowest BCUT2D eigenvalue weighted by molar-refractivity contribution is -0.119. The summed E-state index contributed by atoms with van der Waals surface area (Å²) >= 11 is 0. The maximum Gasteiger partial charge on any atom is 0.144 e. The highest BCUT2D eigenvalue weighted by atomic mass is 28.3. The van der Waals surface area contributed by atoms with Crippen LogP contribution in [0.1, 0.15) is 18.1 Å². The van der Waals surface area contributed by atoms with Crippen molar-refractivity contribution >= 4 is 21.9 Å². The smallest absolute Gasteiger partial charge is 0.144 e. The molecule has 118 valence electrons. The summed E-state index contributed by atoms with van der Waals surface area (Å²) in [6.07, 6.45) is 2.48. The number of ketones is 1. The first kappa shape index (κ1) is 16.7. The first-order valence-corrected chi connectivity index (χ1v) is 15.5. The van der Waals surface area contributed by atoms with E-state index < -0.39 is 16.1 Å². The van der Waals surface area contributed by atoms with E-state index in [9.17, 15) is 4.79 Å². The second-order valence-electron chi connectivity index (χ2n) is 9.12. The fraction of sp³-hybridized carbons (Fsp3) is 0.706. The van der Waals surface area contributed by atoms with E-state index in [0.29, 0.717) is 17.6 Å². The quantitative estimate of drug-likeness (QED) is 0.693. The molecular formula is C17H30O2Si2. The van der Waals surface area contributed by atoms with Crippen LogP contribution in [0.25, 0.3) is 0 Å². The van der Waals surface area contributed by atoms with Crippen molar-refractivity contribution in [2.45, 2.75) is 63.7 Å². The number of hydrogen-bond acceptors (Lipinski definition) is 2. The molecule has 4 heteroatoms. The minimum Gasteiger partial charge on any atom is -0.469 e. The van der Waals surface area contributed by atoms with Gasteiger partial charge in [0, 0.05) is 22.6 Å². The summed E-state index contributed by atoms with van der Waals surface area (Å²) in [6.45, 7) is 14.5. The molecule has 1 aromatic rings. The van der Waals surface area contributed by atoms with Gasteiger partial charge in [0.05, 0.1) is 12.2 Å². The van der Waals surface area contributed by atoms with Gasteiger partial charge in [0.2, 0.25) is 0 Å². The summed E-state index contributed by atoms with van der Waals surface area (Å²) in [5.74, 6) is 2.42. The predicted octanol–water partition coefficient (Wildman–Crippen LogP) is 5.24. The Labute approximate surface area is 131 Å². The third-order valence-electron chi connectivity index (χ3n) is 4.42. The predicted molar refractivity (Wildman–Crippen MR) is 94.4 cm³/mol. The standard InChI is InChI=1S/C17H30O2Si2/c1-20(2,3)11-13-10-15(18)17(16-8-7-9-19-16)14(13)12-21(4,5)6/h7-9,13-14,17H,10-12H2,1-6H3/t13-,14+,17-/m0/s1. The summed E-state index contributed by atoms with van der Waals surface area (Å²) in [7, 11) is -2.35. The summed E-state index contributed by atoms with van der Waals surface area (Å²) in [4.78, 5) is 12.6. The van der Waals surface area contributed by atoms with Gasteiger partial charge in [-0.1, -0.05) is 51.4 Å². The SMILES string of the molecule is C[Si](C)(C)C[C@@H]1CC(=O)[C@@H](c2ccco2)[C@@H]1C[Si](C)(C)C. The normalized spacial score (nSPS) is 27.3. The maximum absolute atomic E-state index is 12.6. The lowest BCUT2D eigenvalue weighted by Gasteiger charge is -2.31. The van der Waals surface area contributed by atoms with Crippen molar-refractivity contribution in [3.63, 3.8) is 0 Å². The molecule has 1 aliphatic carbocycles. The van der Waals surface area contributed by atoms with Crippen molar-refractivity contribution in [3.8, 4) is 0 Å². The van der Waals surface area contributed by atoms with Crippen LogP contribution in [0.5, 0.6) is 0 Å². The van der Waals surface area contributed by atoms with Gasteiger partial charge in [-0.05, 0) is 24.0 Å². The highest BCUT2D eigenvalue weighted by Crippen LogP contribution is 2.48. The number of rotatable bonds is 5. The molecule has 2 nitrogen and oxygen atoms in total. The third-order valence-corrected chi connectivity index (χ3v) is 7.86. The van der Waals surface area contributed by atoms with Crippen molar-refractivity contribution in [2.24, 2.45) is 11.8 Å². The van der Waals surface area contributed by atoms with Gasteiger partial charge in [-0.25, -0.2) is 0 Å². The van der Waals surface area contributed by atoms with E-state index in [2.05, 4.69) is 39.3 Å². The highest BCUT2D eigenvalue weighted by Gasteiger charge is 2.46. The molecule has 1 fully saturated rings. The second kappa shape index (κ2) is 5.88. The third kappa shape index (κ3) is 4.42. The Morgan fingerprint density at radius 1 is 1.10 bits per heavy atom. The molecule has 1 aromatic heterocycles. The Morgan fingerprint density at radius 2 is 1.71 bits per heavy atom. The summed E-state index contributed by atoms with van der Waals surface area (Å²) in [5.41, 5.74) is 0. The Morgan fingerprint density at radius 3 is 2.19 bits per heavy atom. The Kier molecular flexibility index (Phi) is 4.69. The van der Waals surface area contributed by atoms with E-state index in [0.717, 1.165) is 12.2 Å². The number of hydrogen-bond donors (Lipinski definition) is 0. The van der Waals surface area contributed by atoms with Gasteiger partial charge in [0.1, 0.15) is 11.5 Å². The molecule has 1 heterocycles. The van der Waals surface area contributed by atoms with E-state index in [-0.39, 0.29) is 5.92 Å². The number of carbonyl (C=O) groups is 1. The lowest BCUT2D eigenvalue weighted by atomic mass is 9.90. The molecule has 21 heavy (non-hydrogen) atoms. The number of carbonyl (C=O) groups excluding carboxylic acids is 1. The number of Topliss-reactive ketones (excluding diaryl/α,β-unsaturated/α-hetero) is 1. The van der Waals surface area contributed by atoms with Crippen LogP contribution in [0.15, 0.2) is 22.8 Å². The summed E-state index contributed by atoms with van der Waals surface area (Å²) in [6, 6.07) is 6.42. The fourth-order valence-corrected chi connectivity index (χ4v) is 7.89. The minimum absolute atomic E-state index is 0.0214. The summed E-state index contributed by atoms with van der Waals surface area (Å²) < 4.78 is 5.62. The highest BCUT2D eigenvalue weighted by molar-refractivity contribution is 6.76. The fourth-order valence-electron chi connectivity index (χ4n) is 3.89. The van der Waals surface area contributed by atoms with Crippen molar-refractivity contribution in [2.75, 3.05) is 0 Å². The Balaban J connectivity index is 2.28. The maximum atomic E-state index is 12.6. The molecule has 0 aromatic carbocycles. The molecule has 0 aliphatic heterocycles. The molecule has 2 rings (SSSR count). The molecule has 0 bridgehead atoms. The Bertz CT molecular complexity index is 480. The average Bonchev–Trinajstić information content (AvgIpc) is 2.84. The van der Waals surface area contributed by atoms with Crippen LogP contribution in [-0.4, -0.2) is 21.9 Å². The van der Waals surface area contributed by atoms with Crippen LogP contribution in [-0.2, 0) is 4.79 Å². The van der Waals surface area contributed by atoms with Crippen LogP contribution in [0.3, 0.4) is 0 Å². The van der Waals surface area contributed by atoms with Crippen LogP contribution >= 0.6 is 0 Å². The molecule has 0 amide bonds. The molecule has 0 unspecified atom stereocenters. The monoisotopic (exact) mass is 322 g/mol. The topological polar surface area (TPSA) is 30.2 Å². The van der Waals surface area contributed by atoms with Crippen LogP contribution < -0.4 is 0 Å². The van der Waals surface area contributed by atoms with Gasteiger partial charge in [0.15, 0.2) is 0 Å². The zero-order chi connectivity index (χ0) is 15.8. The van der Waals surface area contributed by atoms with Gasteiger partial charge < -0.3 is 4.42 Å². The molecule has 3 atom stereocenters. The van der Waals surface area contributed by atoms with E-state index in [4.69, 9.17) is 4.42 Å². The van der Waals surface area contributed by atoms with Gasteiger partial charge in [-0.2, -0.15) is 0 Å². The van der Waals surface area contributed by atoms with E-state index in [1.54, 1.807) is 6.26 Å². The van der Waals surface area contributed by atoms with Crippen molar-refractivity contribution in [3.05, 3.63) is 24.2 Å². The van der Waals surface area contributed by atoms with Gasteiger partial charge >= 0.3 is 0 Å². The molecular weight excluding hydrogens is 292 g/mol. The molecule has 0 N–H and O–H groups in total. The first-order chi connectivity index (χ1) is 9.57. The van der Waals surface area contributed by atoms with Crippen molar-refractivity contribution < 1.29 is 9.21 Å². The molecule has 1 aliphatic rings. The minimum atomic E-state index is -1.20. The van der Waals surface area contributed by atoms with Crippen LogP contribution in [0, 0.1) is 11.8 Å². The average molecular weight is 323 g/mol. The van der Waals surface area contributed by atoms with Gasteiger partial charge in [-0.3, -0.25) is 4.79 Å². The first-order valence-electron chi connectivity index (χ1n) is 8.13. The summed E-state index contributed by atoms with van der Waals surface area (Å²) in [5, 5.41) is 0. The van der Waals surface area contributed by atoms with Gasteiger partial charge in [-0.15, -0.1) is 0 Å². The van der Waals surface area contributed by atoms with Gasteiger partial charge in [0.25, 0.3) is 0 Å². The lowest BCUT2D eigenvalue weighted by Crippen LogP contribution is -2.32. The molecule has 0 saturated heterocycles. The van der Waals surface area contributed by atoms with Crippen LogP contribution in [0.4, 0.5) is 0 Å². The van der Waals surface area contributed by atoms with E-state index in [1.807, 2.05) is 12.1 Å². The van der Waals surface area contributed by atoms with Crippen molar-refractivity contribution in [1.29, 1.82) is 0 Å². The van der Waals surface area contributed by atoms with E-state index >= 15 is 0 Å². The zero-order valence-corrected chi connectivity index (χ0v) is 16.4. The van der Waals surface area contributed by atoms with Crippen molar-refractivity contribution in [1.82, 2.24) is 0 Å². The number of furan rings is 1. The largest absolute Gasteiger partial charge is 0.469 e. The van der Waals surface area contributed by atoms with E-state index in [1.165, 1.54) is 12.1 Å². The second-order valence-corrected chi connectivity index (χ2v) is 20.2. The van der Waals surface area contributed by atoms with Crippen LogP contribution in [0.2, 0.25) is 51.4 Å².